The van der Waals surface area contributed by atoms with Crippen molar-refractivity contribution >= 4 is 15.7 Å². The molecule has 102 valence electrons. The largest absolute Gasteiger partial charge is 0.330 e. The van der Waals surface area contributed by atoms with Crippen LogP contribution in [0.2, 0.25) is 0 Å². The Bertz CT molecular complexity index is 500. The number of hydrogen-bond donors (Lipinski definition) is 2. The summed E-state index contributed by atoms with van der Waals surface area (Å²) in [5, 5.41) is 1.61. The van der Waals surface area contributed by atoms with Crippen molar-refractivity contribution in [1.29, 1.82) is 0 Å². The second-order valence-corrected chi connectivity index (χ2v) is 5.98. The van der Waals surface area contributed by atoms with E-state index >= 15 is 0 Å². The molecule has 18 heavy (non-hydrogen) atoms. The standard InChI is InChI=1S/C12H21N3O2S/c1-4-15(14-18(3,16)17)12-6-5-11(7-8-13)10(2)9-12/h5-6,9,14H,4,7-8,13H2,1-3H3. The summed E-state index contributed by atoms with van der Waals surface area (Å²) in [4.78, 5) is 2.48. The third-order valence-corrected chi connectivity index (χ3v) is 3.20. The van der Waals surface area contributed by atoms with E-state index in [1.165, 1.54) is 5.56 Å². The summed E-state index contributed by atoms with van der Waals surface area (Å²) in [5.41, 5.74) is 8.68. The van der Waals surface area contributed by atoms with Gasteiger partial charge in [-0.15, -0.1) is 4.83 Å². The maximum Gasteiger partial charge on any atom is 0.225 e. The van der Waals surface area contributed by atoms with Crippen LogP contribution in [-0.2, 0) is 16.4 Å². The molecule has 0 unspecified atom stereocenters. The van der Waals surface area contributed by atoms with Gasteiger partial charge in [0.1, 0.15) is 0 Å². The molecular formula is C12H21N3O2S. The van der Waals surface area contributed by atoms with Gasteiger partial charge in [0.05, 0.1) is 11.9 Å². The molecule has 0 amide bonds. The van der Waals surface area contributed by atoms with Gasteiger partial charge in [0, 0.05) is 6.54 Å². The Hall–Kier alpha value is -1.11. The minimum absolute atomic E-state index is 0.558. The number of rotatable bonds is 6. The monoisotopic (exact) mass is 271 g/mol. The average molecular weight is 271 g/mol. The highest BCUT2D eigenvalue weighted by molar-refractivity contribution is 7.88. The summed E-state index contributed by atoms with van der Waals surface area (Å²) in [6.07, 6.45) is 1.98. The Morgan fingerprint density at radius 2 is 2.06 bits per heavy atom. The van der Waals surface area contributed by atoms with Gasteiger partial charge in [-0.05, 0) is 50.1 Å². The molecular weight excluding hydrogens is 250 g/mol. The van der Waals surface area contributed by atoms with Gasteiger partial charge in [0.15, 0.2) is 0 Å². The van der Waals surface area contributed by atoms with Crippen LogP contribution in [-0.4, -0.2) is 27.8 Å². The van der Waals surface area contributed by atoms with E-state index in [4.69, 9.17) is 5.73 Å². The maximum absolute atomic E-state index is 11.3. The average Bonchev–Trinajstić information content (AvgIpc) is 2.28. The topological polar surface area (TPSA) is 75.4 Å². The number of nitrogens with two attached hydrogens (primary N) is 1. The van der Waals surface area contributed by atoms with Crippen molar-refractivity contribution < 1.29 is 8.42 Å². The highest BCUT2D eigenvalue weighted by Gasteiger charge is 2.10. The van der Waals surface area contributed by atoms with Crippen molar-refractivity contribution in [1.82, 2.24) is 4.83 Å². The molecule has 0 aliphatic heterocycles. The van der Waals surface area contributed by atoms with Gasteiger partial charge < -0.3 is 5.73 Å². The van der Waals surface area contributed by atoms with E-state index in [0.717, 1.165) is 23.9 Å². The molecule has 1 aromatic carbocycles. The van der Waals surface area contributed by atoms with Gasteiger partial charge in [0.25, 0.3) is 0 Å². The molecule has 0 aromatic heterocycles. The summed E-state index contributed by atoms with van der Waals surface area (Å²) >= 11 is 0. The molecule has 0 atom stereocenters. The van der Waals surface area contributed by atoms with Crippen LogP contribution >= 0.6 is 0 Å². The molecule has 0 aliphatic rings. The molecule has 0 radical (unpaired) electrons. The fourth-order valence-corrected chi connectivity index (χ4v) is 2.42. The summed E-state index contributed by atoms with van der Waals surface area (Å²) in [7, 11) is -3.26. The zero-order valence-electron chi connectivity index (χ0n) is 11.1. The molecule has 1 aromatic rings. The lowest BCUT2D eigenvalue weighted by Gasteiger charge is -2.23. The first-order valence-electron chi connectivity index (χ1n) is 5.92. The quantitative estimate of drug-likeness (QED) is 0.750. The molecule has 0 heterocycles. The Balaban J connectivity index is 2.97. The Morgan fingerprint density at radius 3 is 2.50 bits per heavy atom. The van der Waals surface area contributed by atoms with Crippen molar-refractivity contribution in [3.05, 3.63) is 29.3 Å². The van der Waals surface area contributed by atoms with Crippen molar-refractivity contribution in [2.24, 2.45) is 5.73 Å². The normalized spacial score (nSPS) is 11.6. The van der Waals surface area contributed by atoms with E-state index in [-0.39, 0.29) is 0 Å². The summed E-state index contributed by atoms with van der Waals surface area (Å²) in [6.45, 7) is 5.06. The molecule has 6 heteroatoms. The van der Waals surface area contributed by atoms with Crippen molar-refractivity contribution in [3.8, 4) is 0 Å². The van der Waals surface area contributed by atoms with E-state index in [2.05, 4.69) is 4.83 Å². The lowest BCUT2D eigenvalue weighted by atomic mass is 10.0. The second-order valence-electron chi connectivity index (χ2n) is 4.26. The van der Waals surface area contributed by atoms with E-state index in [0.29, 0.717) is 13.1 Å². The number of nitrogens with zero attached hydrogens (tertiary/aromatic N) is 1. The first-order valence-corrected chi connectivity index (χ1v) is 7.81. The van der Waals surface area contributed by atoms with Gasteiger partial charge in [-0.2, -0.15) is 0 Å². The Labute approximate surface area is 109 Å². The molecule has 0 bridgehead atoms. The van der Waals surface area contributed by atoms with Gasteiger partial charge >= 0.3 is 0 Å². The smallest absolute Gasteiger partial charge is 0.225 e. The number of hydrazine groups is 1. The van der Waals surface area contributed by atoms with Gasteiger partial charge in [0.2, 0.25) is 10.0 Å². The third kappa shape index (κ3) is 4.29. The van der Waals surface area contributed by atoms with Crippen LogP contribution in [0.1, 0.15) is 18.1 Å². The Kier molecular flexibility index (Phi) is 5.13. The van der Waals surface area contributed by atoms with E-state index in [1.54, 1.807) is 5.01 Å². The first-order chi connectivity index (χ1) is 8.37. The molecule has 0 spiro atoms. The van der Waals surface area contributed by atoms with E-state index < -0.39 is 10.0 Å². The molecule has 0 saturated heterocycles. The van der Waals surface area contributed by atoms with Crippen molar-refractivity contribution in [3.63, 3.8) is 0 Å². The molecule has 3 N–H and O–H groups in total. The number of sulfonamides is 1. The van der Waals surface area contributed by atoms with Crippen LogP contribution in [0.25, 0.3) is 0 Å². The zero-order chi connectivity index (χ0) is 13.8. The predicted molar refractivity (Wildman–Crippen MR) is 74.9 cm³/mol. The highest BCUT2D eigenvalue weighted by Crippen LogP contribution is 2.18. The van der Waals surface area contributed by atoms with Crippen LogP contribution in [0.5, 0.6) is 0 Å². The van der Waals surface area contributed by atoms with Crippen LogP contribution < -0.4 is 15.6 Å². The van der Waals surface area contributed by atoms with Crippen LogP contribution in [0.3, 0.4) is 0 Å². The molecule has 0 saturated carbocycles. The Morgan fingerprint density at radius 1 is 1.39 bits per heavy atom. The first kappa shape index (κ1) is 14.9. The minimum atomic E-state index is -3.26. The third-order valence-electron chi connectivity index (χ3n) is 2.64. The lowest BCUT2D eigenvalue weighted by molar-refractivity contribution is 0.583. The number of hydrogen-bond acceptors (Lipinski definition) is 4. The number of aryl methyl sites for hydroxylation is 1. The van der Waals surface area contributed by atoms with Gasteiger partial charge in [-0.1, -0.05) is 6.07 Å². The fraction of sp³-hybridized carbons (Fsp3) is 0.500. The van der Waals surface area contributed by atoms with Crippen molar-refractivity contribution in [2.75, 3.05) is 24.4 Å². The lowest BCUT2D eigenvalue weighted by Crippen LogP contribution is -2.41. The minimum Gasteiger partial charge on any atom is -0.330 e. The second kappa shape index (κ2) is 6.17. The van der Waals surface area contributed by atoms with Crippen LogP contribution in [0.4, 0.5) is 5.69 Å². The molecule has 0 aliphatic carbocycles. The molecule has 5 nitrogen and oxygen atoms in total. The van der Waals surface area contributed by atoms with Gasteiger partial charge in [-0.3, -0.25) is 5.01 Å². The fourth-order valence-electron chi connectivity index (χ4n) is 1.78. The summed E-state index contributed by atoms with van der Waals surface area (Å²) in [5.74, 6) is 0. The predicted octanol–water partition coefficient (Wildman–Crippen LogP) is 0.787. The zero-order valence-corrected chi connectivity index (χ0v) is 11.9. The number of anilines is 1. The van der Waals surface area contributed by atoms with Gasteiger partial charge in [-0.25, -0.2) is 8.42 Å². The van der Waals surface area contributed by atoms with Crippen LogP contribution in [0.15, 0.2) is 18.2 Å². The van der Waals surface area contributed by atoms with Crippen molar-refractivity contribution in [2.45, 2.75) is 20.3 Å². The van der Waals surface area contributed by atoms with E-state index in [9.17, 15) is 8.42 Å². The number of nitrogens with one attached hydrogen (secondary N) is 1. The SMILES string of the molecule is CCN(NS(C)(=O)=O)c1ccc(CCN)c(C)c1. The van der Waals surface area contributed by atoms with Crippen LogP contribution in [0, 0.1) is 6.92 Å². The number of benzene rings is 1. The summed E-state index contributed by atoms with van der Waals surface area (Å²) < 4.78 is 22.5. The highest BCUT2D eigenvalue weighted by atomic mass is 32.2. The molecule has 0 fully saturated rings. The maximum atomic E-state index is 11.3. The molecule has 1 rings (SSSR count). The van der Waals surface area contributed by atoms with E-state index in [1.807, 2.05) is 32.0 Å². The summed E-state index contributed by atoms with van der Waals surface area (Å²) in [6, 6.07) is 5.86.